The molecule has 1 aliphatic rings. The highest BCUT2D eigenvalue weighted by Crippen LogP contribution is 2.34. The van der Waals surface area contributed by atoms with Crippen LogP contribution in [0.3, 0.4) is 0 Å². The number of hydrogen-bond donors (Lipinski definition) is 0. The van der Waals surface area contributed by atoms with E-state index in [0.29, 0.717) is 23.7 Å². The minimum atomic E-state index is -0.216. The van der Waals surface area contributed by atoms with Crippen LogP contribution in [-0.2, 0) is 6.42 Å². The molecular formula is C27H39FN2O. The van der Waals surface area contributed by atoms with Crippen molar-refractivity contribution in [2.24, 2.45) is 11.8 Å². The number of hydrogen-bond acceptors (Lipinski definition) is 3. The molecule has 170 valence electrons. The van der Waals surface area contributed by atoms with Gasteiger partial charge in [-0.1, -0.05) is 77.7 Å². The average molecular weight is 427 g/mol. The molecule has 3 nitrogen and oxygen atoms in total. The normalized spacial score (nSPS) is 18.8. The zero-order chi connectivity index (χ0) is 21.9. The Balaban J connectivity index is 1.48. The first kappa shape index (κ1) is 23.7. The van der Waals surface area contributed by atoms with Gasteiger partial charge in [0.15, 0.2) is 0 Å². The van der Waals surface area contributed by atoms with Crippen molar-refractivity contribution in [3.63, 3.8) is 0 Å². The number of rotatable bonds is 12. The summed E-state index contributed by atoms with van der Waals surface area (Å²) in [7, 11) is 0. The summed E-state index contributed by atoms with van der Waals surface area (Å²) >= 11 is 0. The minimum absolute atomic E-state index is 0.216. The third-order valence-electron chi connectivity index (χ3n) is 6.70. The van der Waals surface area contributed by atoms with E-state index in [4.69, 9.17) is 4.74 Å². The smallest absolute Gasteiger partial charge is 0.233 e. The second kappa shape index (κ2) is 12.8. The van der Waals surface area contributed by atoms with E-state index in [1.165, 1.54) is 64.2 Å². The summed E-state index contributed by atoms with van der Waals surface area (Å²) in [6, 6.07) is 9.14. The van der Waals surface area contributed by atoms with E-state index in [9.17, 15) is 4.39 Å². The maximum atomic E-state index is 14.8. The molecule has 31 heavy (non-hydrogen) atoms. The zero-order valence-corrected chi connectivity index (χ0v) is 19.4. The van der Waals surface area contributed by atoms with Crippen LogP contribution in [0.2, 0.25) is 0 Å². The van der Waals surface area contributed by atoms with Gasteiger partial charge in [-0.25, -0.2) is 4.39 Å². The molecule has 3 rings (SSSR count). The van der Waals surface area contributed by atoms with Crippen LogP contribution < -0.4 is 4.74 Å². The number of aryl methyl sites for hydroxylation is 1. The average Bonchev–Trinajstić information content (AvgIpc) is 2.79. The molecule has 1 saturated carbocycles. The molecule has 1 heterocycles. The Bertz CT molecular complexity index is 769. The molecule has 0 aliphatic heterocycles. The summed E-state index contributed by atoms with van der Waals surface area (Å²) in [5.41, 5.74) is 2.14. The fourth-order valence-electron chi connectivity index (χ4n) is 4.76. The van der Waals surface area contributed by atoms with Crippen molar-refractivity contribution in [1.82, 2.24) is 10.2 Å². The Morgan fingerprint density at radius 2 is 1.65 bits per heavy atom. The molecule has 0 spiro atoms. The second-order valence-electron chi connectivity index (χ2n) is 9.19. The van der Waals surface area contributed by atoms with Gasteiger partial charge in [0.25, 0.3) is 0 Å². The van der Waals surface area contributed by atoms with E-state index in [1.54, 1.807) is 18.2 Å². The van der Waals surface area contributed by atoms with Crippen LogP contribution in [0, 0.1) is 17.7 Å². The molecule has 0 atom stereocenters. The van der Waals surface area contributed by atoms with E-state index in [1.807, 2.05) is 12.1 Å². The Morgan fingerprint density at radius 3 is 2.29 bits per heavy atom. The van der Waals surface area contributed by atoms with Crippen LogP contribution in [0.25, 0.3) is 11.3 Å². The molecule has 0 N–H and O–H groups in total. The Labute approximate surface area is 187 Å². The monoisotopic (exact) mass is 426 g/mol. The highest BCUT2D eigenvalue weighted by Gasteiger charge is 2.20. The first-order valence-corrected chi connectivity index (χ1v) is 12.4. The molecule has 1 aromatic carbocycles. The van der Waals surface area contributed by atoms with Crippen LogP contribution in [0.5, 0.6) is 5.88 Å². The third-order valence-corrected chi connectivity index (χ3v) is 6.70. The number of ether oxygens (including phenoxy) is 1. The van der Waals surface area contributed by atoms with Crippen LogP contribution >= 0.6 is 0 Å². The molecule has 0 saturated heterocycles. The highest BCUT2D eigenvalue weighted by molar-refractivity contribution is 5.60. The first-order valence-electron chi connectivity index (χ1n) is 12.4. The van der Waals surface area contributed by atoms with Crippen LogP contribution in [-0.4, -0.2) is 16.8 Å². The molecule has 0 bridgehead atoms. The van der Waals surface area contributed by atoms with E-state index < -0.39 is 0 Å². The topological polar surface area (TPSA) is 35.0 Å². The molecule has 0 radical (unpaired) electrons. The van der Waals surface area contributed by atoms with E-state index >= 15 is 0 Å². The number of halogens is 1. The van der Waals surface area contributed by atoms with Gasteiger partial charge in [0, 0.05) is 11.6 Å². The van der Waals surface area contributed by atoms with Gasteiger partial charge in [-0.05, 0) is 54.9 Å². The predicted octanol–water partition coefficient (Wildman–Crippen LogP) is 7.78. The number of aromatic nitrogens is 2. The van der Waals surface area contributed by atoms with Crippen molar-refractivity contribution in [1.29, 1.82) is 0 Å². The second-order valence-corrected chi connectivity index (χ2v) is 9.19. The van der Waals surface area contributed by atoms with Crippen molar-refractivity contribution in [2.45, 2.75) is 90.9 Å². The highest BCUT2D eigenvalue weighted by atomic mass is 19.1. The van der Waals surface area contributed by atoms with E-state index in [2.05, 4.69) is 24.0 Å². The fourth-order valence-corrected chi connectivity index (χ4v) is 4.76. The molecule has 1 aromatic heterocycles. The van der Waals surface area contributed by atoms with Crippen molar-refractivity contribution in [2.75, 3.05) is 6.61 Å². The van der Waals surface area contributed by atoms with Gasteiger partial charge in [0.1, 0.15) is 5.82 Å². The summed E-state index contributed by atoms with van der Waals surface area (Å²) in [5, 5.41) is 8.30. The minimum Gasteiger partial charge on any atom is -0.477 e. The molecule has 4 heteroatoms. The number of nitrogens with zero attached hydrogens (tertiary/aromatic N) is 2. The summed E-state index contributed by atoms with van der Waals surface area (Å²) in [6.45, 7) is 5.13. The first-order chi connectivity index (χ1) is 15.2. The van der Waals surface area contributed by atoms with Crippen molar-refractivity contribution < 1.29 is 9.13 Å². The zero-order valence-electron chi connectivity index (χ0n) is 19.4. The van der Waals surface area contributed by atoms with Crippen molar-refractivity contribution >= 4 is 0 Å². The molecule has 2 aromatic rings. The molecule has 0 amide bonds. The van der Waals surface area contributed by atoms with Crippen molar-refractivity contribution in [3.05, 3.63) is 41.7 Å². The standard InChI is InChI=1S/C27H39FN2O/c1-3-5-6-7-19-31-27-18-17-26(29-30-27)24-16-15-23(20-25(24)28)14-13-22-11-9-21(8-4-2)10-12-22/h15-18,20-22H,3-14,19H2,1-2H3. The van der Waals surface area contributed by atoms with Gasteiger partial charge < -0.3 is 4.74 Å². The van der Waals surface area contributed by atoms with E-state index in [0.717, 1.165) is 30.2 Å². The van der Waals surface area contributed by atoms with Crippen LogP contribution in [0.4, 0.5) is 4.39 Å². The molecule has 1 fully saturated rings. The lowest BCUT2D eigenvalue weighted by Gasteiger charge is -2.28. The molecular weight excluding hydrogens is 387 g/mol. The van der Waals surface area contributed by atoms with E-state index in [-0.39, 0.29) is 5.82 Å². The largest absolute Gasteiger partial charge is 0.477 e. The number of benzene rings is 1. The fraction of sp³-hybridized carbons (Fsp3) is 0.630. The molecule has 0 unspecified atom stereocenters. The van der Waals surface area contributed by atoms with Crippen molar-refractivity contribution in [3.8, 4) is 17.1 Å². The quantitative estimate of drug-likeness (QED) is 0.325. The Hall–Kier alpha value is -1.97. The van der Waals surface area contributed by atoms with Gasteiger partial charge in [0.2, 0.25) is 5.88 Å². The summed E-state index contributed by atoms with van der Waals surface area (Å²) in [5.74, 6) is 2.03. The summed E-state index contributed by atoms with van der Waals surface area (Å²) in [4.78, 5) is 0. The van der Waals surface area contributed by atoms with Gasteiger partial charge in [-0.15, -0.1) is 10.2 Å². The maximum absolute atomic E-state index is 14.8. The lowest BCUT2D eigenvalue weighted by Crippen LogP contribution is -2.15. The molecule has 1 aliphatic carbocycles. The predicted molar refractivity (Wildman–Crippen MR) is 126 cm³/mol. The Morgan fingerprint density at radius 1 is 0.871 bits per heavy atom. The van der Waals surface area contributed by atoms with Gasteiger partial charge in [-0.2, -0.15) is 0 Å². The lowest BCUT2D eigenvalue weighted by atomic mass is 9.78. The van der Waals surface area contributed by atoms with Crippen LogP contribution in [0.15, 0.2) is 30.3 Å². The van der Waals surface area contributed by atoms with Gasteiger partial charge >= 0.3 is 0 Å². The lowest BCUT2D eigenvalue weighted by molar-refractivity contribution is 0.252. The summed E-state index contributed by atoms with van der Waals surface area (Å²) in [6.07, 6.45) is 14.9. The summed E-state index contributed by atoms with van der Waals surface area (Å²) < 4.78 is 20.4. The Kier molecular flexibility index (Phi) is 9.77. The number of unbranched alkanes of at least 4 members (excludes halogenated alkanes) is 3. The van der Waals surface area contributed by atoms with Gasteiger partial charge in [-0.3, -0.25) is 0 Å². The van der Waals surface area contributed by atoms with Gasteiger partial charge in [0.05, 0.1) is 12.3 Å². The van der Waals surface area contributed by atoms with Crippen LogP contribution in [0.1, 0.15) is 90.0 Å². The third kappa shape index (κ3) is 7.59. The SMILES string of the molecule is CCCCCCOc1ccc(-c2ccc(CCC3CCC(CCC)CC3)cc2F)nn1. The maximum Gasteiger partial charge on any atom is 0.233 e.